The molecule has 0 aliphatic carbocycles. The predicted molar refractivity (Wildman–Crippen MR) is 91.7 cm³/mol. The van der Waals surface area contributed by atoms with Crippen LogP contribution in [0.5, 0.6) is 0 Å². The third-order valence-electron chi connectivity index (χ3n) is 3.84. The van der Waals surface area contributed by atoms with Crippen molar-refractivity contribution in [2.45, 2.75) is 6.67 Å². The molecule has 0 bridgehead atoms. The molecule has 2 aromatic carbocycles. The molecule has 4 rings (SSSR count). The van der Waals surface area contributed by atoms with Gasteiger partial charge in [-0.15, -0.1) is 5.10 Å². The zero-order valence-corrected chi connectivity index (χ0v) is 12.7. The molecule has 0 saturated carbocycles. The first-order valence-electron chi connectivity index (χ1n) is 7.52. The van der Waals surface area contributed by atoms with E-state index in [0.29, 0.717) is 17.2 Å². The van der Waals surface area contributed by atoms with Gasteiger partial charge < -0.3 is 5.32 Å². The van der Waals surface area contributed by atoms with Gasteiger partial charge in [-0.3, -0.25) is 5.10 Å². The van der Waals surface area contributed by atoms with Crippen molar-refractivity contribution in [2.24, 2.45) is 0 Å². The summed E-state index contributed by atoms with van der Waals surface area (Å²) in [6.07, 6.45) is 1.63. The van der Waals surface area contributed by atoms with Gasteiger partial charge in [-0.25, -0.2) is 4.39 Å². The predicted octanol–water partition coefficient (Wildman–Crippen LogP) is 4.23. The first-order valence-corrected chi connectivity index (χ1v) is 7.52. The number of rotatable bonds is 4. The van der Waals surface area contributed by atoms with E-state index in [1.165, 1.54) is 0 Å². The normalized spacial score (nSPS) is 10.9. The number of anilines is 2. The molecule has 118 valence electrons. The summed E-state index contributed by atoms with van der Waals surface area (Å²) in [5.74, 6) is 1.23. The molecule has 0 saturated heterocycles. The second-order valence-corrected chi connectivity index (χ2v) is 5.36. The molecule has 0 amide bonds. The minimum atomic E-state index is -0.523. The summed E-state index contributed by atoms with van der Waals surface area (Å²) >= 11 is 0. The van der Waals surface area contributed by atoms with E-state index in [-0.39, 0.29) is 0 Å². The maximum atomic E-state index is 13.2. The molecule has 2 N–H and O–H groups in total. The first-order chi connectivity index (χ1) is 11.8. The van der Waals surface area contributed by atoms with E-state index in [1.807, 2.05) is 48.5 Å². The van der Waals surface area contributed by atoms with Crippen LogP contribution in [0.25, 0.3) is 22.0 Å². The summed E-state index contributed by atoms with van der Waals surface area (Å²) in [7, 11) is 0. The van der Waals surface area contributed by atoms with Gasteiger partial charge >= 0.3 is 0 Å². The van der Waals surface area contributed by atoms with Crippen molar-refractivity contribution >= 4 is 22.5 Å². The highest BCUT2D eigenvalue weighted by Gasteiger charge is 2.09. The second kappa shape index (κ2) is 6.08. The minimum absolute atomic E-state index is 0.523. The largest absolute Gasteiger partial charge is 0.321 e. The van der Waals surface area contributed by atoms with Crippen molar-refractivity contribution in [1.82, 2.24) is 20.4 Å². The molecule has 0 spiro atoms. The Morgan fingerprint density at radius 1 is 1.04 bits per heavy atom. The van der Waals surface area contributed by atoms with Crippen molar-refractivity contribution in [3.63, 3.8) is 0 Å². The summed E-state index contributed by atoms with van der Waals surface area (Å²) in [5.41, 5.74) is 3.18. The molecule has 0 atom stereocenters. The fraction of sp³-hybridized carbons (Fsp3) is 0.0556. The molecule has 0 fully saturated rings. The summed E-state index contributed by atoms with van der Waals surface area (Å²) in [6, 6.07) is 17.0. The summed E-state index contributed by atoms with van der Waals surface area (Å²) in [4.78, 5) is 0. The molecule has 0 unspecified atom stereocenters. The fourth-order valence-electron chi connectivity index (χ4n) is 2.67. The second-order valence-electron chi connectivity index (χ2n) is 5.36. The third kappa shape index (κ3) is 2.58. The Labute approximate surface area is 137 Å². The lowest BCUT2D eigenvalue weighted by atomic mass is 10.0. The fourth-order valence-corrected chi connectivity index (χ4v) is 2.67. The van der Waals surface area contributed by atoms with Crippen LogP contribution in [0, 0.1) is 0 Å². The van der Waals surface area contributed by atoms with Gasteiger partial charge in [-0.05, 0) is 29.3 Å². The Balaban J connectivity index is 1.70. The SMILES string of the molecule is FCc1ccccc1-c1cnnc(Nc2n[nH]c3ccccc23)c1. The number of benzene rings is 2. The number of hydrogen-bond donors (Lipinski definition) is 2. The number of aromatic amines is 1. The smallest absolute Gasteiger partial charge is 0.161 e. The van der Waals surface area contributed by atoms with E-state index >= 15 is 0 Å². The molecule has 0 aliphatic rings. The van der Waals surface area contributed by atoms with E-state index in [0.717, 1.165) is 22.0 Å². The minimum Gasteiger partial charge on any atom is -0.321 e. The van der Waals surface area contributed by atoms with Gasteiger partial charge in [0.05, 0.1) is 11.7 Å². The van der Waals surface area contributed by atoms with Crippen LogP contribution in [0.15, 0.2) is 60.8 Å². The Morgan fingerprint density at radius 3 is 2.79 bits per heavy atom. The van der Waals surface area contributed by atoms with Gasteiger partial charge in [-0.1, -0.05) is 36.4 Å². The van der Waals surface area contributed by atoms with Crippen LogP contribution in [0.3, 0.4) is 0 Å². The number of hydrogen-bond acceptors (Lipinski definition) is 4. The standard InChI is InChI=1S/C18H14FN5/c19-10-12-5-1-2-6-14(12)13-9-17(23-20-11-13)21-18-15-7-3-4-8-16(15)22-24-18/h1-9,11H,10H2,(H2,21,22,23,24). The Kier molecular flexibility index (Phi) is 3.63. The zero-order chi connectivity index (χ0) is 16.4. The molecular formula is C18H14FN5. The average molecular weight is 319 g/mol. The maximum absolute atomic E-state index is 13.2. The van der Waals surface area contributed by atoms with Crippen LogP contribution in [-0.4, -0.2) is 20.4 Å². The lowest BCUT2D eigenvalue weighted by Gasteiger charge is -2.08. The maximum Gasteiger partial charge on any atom is 0.161 e. The van der Waals surface area contributed by atoms with E-state index in [4.69, 9.17) is 0 Å². The molecule has 2 heterocycles. The van der Waals surface area contributed by atoms with Crippen molar-refractivity contribution in [3.05, 3.63) is 66.4 Å². The van der Waals surface area contributed by atoms with E-state index in [1.54, 1.807) is 12.3 Å². The number of para-hydroxylation sites is 1. The molecular weight excluding hydrogens is 305 g/mol. The van der Waals surface area contributed by atoms with Gasteiger partial charge in [0.15, 0.2) is 11.6 Å². The van der Waals surface area contributed by atoms with E-state index < -0.39 is 6.67 Å². The van der Waals surface area contributed by atoms with E-state index in [9.17, 15) is 4.39 Å². The Morgan fingerprint density at radius 2 is 1.88 bits per heavy atom. The van der Waals surface area contributed by atoms with Gasteiger partial charge in [0, 0.05) is 10.9 Å². The third-order valence-corrected chi connectivity index (χ3v) is 3.84. The highest BCUT2D eigenvalue weighted by molar-refractivity contribution is 5.91. The van der Waals surface area contributed by atoms with Crippen LogP contribution >= 0.6 is 0 Å². The van der Waals surface area contributed by atoms with Crippen molar-refractivity contribution < 1.29 is 4.39 Å². The van der Waals surface area contributed by atoms with Gasteiger partial charge in [0.1, 0.15) is 6.67 Å². The quantitative estimate of drug-likeness (QED) is 0.590. The van der Waals surface area contributed by atoms with Gasteiger partial charge in [0.2, 0.25) is 0 Å². The number of nitrogens with zero attached hydrogens (tertiary/aromatic N) is 3. The lowest BCUT2D eigenvalue weighted by molar-refractivity contribution is 0.486. The molecule has 4 aromatic rings. The van der Waals surface area contributed by atoms with Crippen molar-refractivity contribution in [1.29, 1.82) is 0 Å². The Bertz CT molecular complexity index is 995. The molecule has 2 aromatic heterocycles. The van der Waals surface area contributed by atoms with Gasteiger partial charge in [0.25, 0.3) is 0 Å². The van der Waals surface area contributed by atoms with Crippen LogP contribution in [-0.2, 0) is 6.67 Å². The topological polar surface area (TPSA) is 66.5 Å². The molecule has 0 radical (unpaired) electrons. The number of aromatic nitrogens is 4. The average Bonchev–Trinajstić information content (AvgIpc) is 3.05. The highest BCUT2D eigenvalue weighted by atomic mass is 19.1. The van der Waals surface area contributed by atoms with Crippen molar-refractivity contribution in [2.75, 3.05) is 5.32 Å². The number of H-pyrrole nitrogens is 1. The van der Waals surface area contributed by atoms with Crippen LogP contribution in [0.2, 0.25) is 0 Å². The molecule has 5 nitrogen and oxygen atoms in total. The lowest BCUT2D eigenvalue weighted by Crippen LogP contribution is -1.97. The zero-order valence-electron chi connectivity index (χ0n) is 12.7. The number of nitrogens with one attached hydrogen (secondary N) is 2. The summed E-state index contributed by atoms with van der Waals surface area (Å²) < 4.78 is 13.2. The summed E-state index contributed by atoms with van der Waals surface area (Å²) in [5, 5.41) is 19.5. The monoisotopic (exact) mass is 319 g/mol. The number of alkyl halides is 1. The van der Waals surface area contributed by atoms with Crippen molar-refractivity contribution in [3.8, 4) is 11.1 Å². The van der Waals surface area contributed by atoms with Crippen LogP contribution in [0.4, 0.5) is 16.0 Å². The highest BCUT2D eigenvalue weighted by Crippen LogP contribution is 2.27. The number of fused-ring (bicyclic) bond motifs is 1. The first kappa shape index (κ1) is 14.3. The Hall–Kier alpha value is -3.28. The molecule has 24 heavy (non-hydrogen) atoms. The van der Waals surface area contributed by atoms with Crippen LogP contribution in [0.1, 0.15) is 5.56 Å². The molecule has 0 aliphatic heterocycles. The van der Waals surface area contributed by atoms with E-state index in [2.05, 4.69) is 25.7 Å². The van der Waals surface area contributed by atoms with Gasteiger partial charge in [-0.2, -0.15) is 10.2 Å². The summed E-state index contributed by atoms with van der Waals surface area (Å²) in [6.45, 7) is -0.523. The van der Waals surface area contributed by atoms with Crippen LogP contribution < -0.4 is 5.32 Å². The number of halogens is 1. The molecule has 6 heteroatoms.